The van der Waals surface area contributed by atoms with Crippen LogP contribution < -0.4 is 10.9 Å². The predicted octanol–water partition coefficient (Wildman–Crippen LogP) is 4.58. The Kier molecular flexibility index (Phi) is 5.25. The molecule has 1 N–H and O–H groups in total. The van der Waals surface area contributed by atoms with Crippen LogP contribution in [-0.4, -0.2) is 38.3 Å². The molecule has 0 bridgehead atoms. The minimum absolute atomic E-state index is 0.0619. The molecule has 1 saturated heterocycles. The molecule has 1 fully saturated rings. The number of benzene rings is 2. The number of rotatable bonds is 3. The highest BCUT2D eigenvalue weighted by Crippen LogP contribution is 2.43. The van der Waals surface area contributed by atoms with Crippen molar-refractivity contribution in [1.82, 2.24) is 19.6 Å². The average molecular weight is 472 g/mol. The van der Waals surface area contributed by atoms with Crippen molar-refractivity contribution in [2.45, 2.75) is 38.3 Å². The second-order valence-corrected chi connectivity index (χ2v) is 9.33. The lowest BCUT2D eigenvalue weighted by Crippen LogP contribution is -2.47. The Balaban J connectivity index is 1.55. The lowest BCUT2D eigenvalue weighted by atomic mass is 9.85. The number of hydrogen-bond donors (Lipinski definition) is 1. The molecule has 0 saturated carbocycles. The van der Waals surface area contributed by atoms with Crippen molar-refractivity contribution in [3.63, 3.8) is 0 Å². The zero-order valence-electron chi connectivity index (χ0n) is 19.5. The van der Waals surface area contributed by atoms with Crippen molar-refractivity contribution >= 4 is 5.82 Å². The van der Waals surface area contributed by atoms with E-state index in [0.717, 1.165) is 67.2 Å². The van der Waals surface area contributed by atoms with Crippen LogP contribution in [0.1, 0.15) is 24.8 Å². The van der Waals surface area contributed by atoms with E-state index in [1.54, 1.807) is 24.3 Å². The van der Waals surface area contributed by atoms with Crippen molar-refractivity contribution in [2.75, 3.05) is 18.5 Å². The summed E-state index contributed by atoms with van der Waals surface area (Å²) in [6, 6.07) is 17.3. The molecule has 0 atom stereocenters. The number of fused-ring (bicyclic) bond motifs is 1. The number of aromatic nitrogens is 4. The summed E-state index contributed by atoms with van der Waals surface area (Å²) < 4.78 is 22.8. The first-order valence-electron chi connectivity index (χ1n) is 11.9. The molecule has 0 aliphatic carbocycles. The van der Waals surface area contributed by atoms with Gasteiger partial charge < -0.3 is 10.1 Å². The van der Waals surface area contributed by atoms with E-state index >= 15 is 0 Å². The van der Waals surface area contributed by atoms with Gasteiger partial charge in [0.15, 0.2) is 0 Å². The Hall–Kier alpha value is -3.78. The maximum atomic E-state index is 13.7. The summed E-state index contributed by atoms with van der Waals surface area (Å²) in [5.74, 6) is 0.574. The average Bonchev–Trinajstić information content (AvgIpc) is 3.24. The largest absolute Gasteiger partial charge is 0.381 e. The molecule has 2 aromatic carbocycles. The molecule has 2 aliphatic heterocycles. The minimum Gasteiger partial charge on any atom is -0.381 e. The fraction of sp³-hybridized carbons (Fsp3) is 0.296. The Morgan fingerprint density at radius 1 is 0.971 bits per heavy atom. The third kappa shape index (κ3) is 3.83. The first-order valence-corrected chi connectivity index (χ1v) is 11.9. The molecular formula is C27H26FN5O2. The van der Waals surface area contributed by atoms with E-state index in [4.69, 9.17) is 14.9 Å². The number of para-hydroxylation sites is 1. The number of hydrogen-bond acceptors (Lipinski definition) is 5. The topological polar surface area (TPSA) is 74.0 Å². The smallest absolute Gasteiger partial charge is 0.271 e. The lowest BCUT2D eigenvalue weighted by molar-refractivity contribution is 0.0530. The van der Waals surface area contributed by atoms with Gasteiger partial charge in [-0.15, -0.1) is 0 Å². The van der Waals surface area contributed by atoms with Gasteiger partial charge in [-0.25, -0.2) is 9.07 Å². The van der Waals surface area contributed by atoms with Crippen LogP contribution in [0.25, 0.3) is 28.2 Å². The maximum Gasteiger partial charge on any atom is 0.271 e. The third-order valence-electron chi connectivity index (χ3n) is 7.11. The molecule has 0 amide bonds. The van der Waals surface area contributed by atoms with E-state index in [9.17, 15) is 9.18 Å². The normalized spacial score (nSPS) is 16.6. The quantitative estimate of drug-likeness (QED) is 0.474. The van der Waals surface area contributed by atoms with Gasteiger partial charge in [0.1, 0.15) is 17.3 Å². The van der Waals surface area contributed by atoms with Gasteiger partial charge in [0, 0.05) is 36.9 Å². The number of ether oxygens (including phenoxy) is 1. The van der Waals surface area contributed by atoms with Crippen LogP contribution in [0.3, 0.4) is 0 Å². The molecule has 0 unspecified atom stereocenters. The molecule has 178 valence electrons. The summed E-state index contributed by atoms with van der Waals surface area (Å²) in [5.41, 5.74) is 4.36. The van der Waals surface area contributed by atoms with E-state index in [1.807, 2.05) is 35.9 Å². The minimum atomic E-state index is -0.301. The summed E-state index contributed by atoms with van der Waals surface area (Å²) >= 11 is 0. The summed E-state index contributed by atoms with van der Waals surface area (Å²) in [5, 5.41) is 13.5. The molecular weight excluding hydrogens is 445 g/mol. The maximum absolute atomic E-state index is 13.7. The van der Waals surface area contributed by atoms with E-state index < -0.39 is 0 Å². The van der Waals surface area contributed by atoms with Crippen molar-refractivity contribution < 1.29 is 9.13 Å². The molecule has 1 spiro atoms. The zero-order chi connectivity index (χ0) is 24.0. The molecule has 6 rings (SSSR count). The summed E-state index contributed by atoms with van der Waals surface area (Å²) in [4.78, 5) is 12.8. The fourth-order valence-electron chi connectivity index (χ4n) is 5.09. The highest BCUT2D eigenvalue weighted by Gasteiger charge is 2.38. The van der Waals surface area contributed by atoms with Crippen LogP contribution in [0.4, 0.5) is 10.2 Å². The van der Waals surface area contributed by atoms with Gasteiger partial charge in [0.25, 0.3) is 5.56 Å². The summed E-state index contributed by atoms with van der Waals surface area (Å²) in [6.07, 6.45) is 2.78. The van der Waals surface area contributed by atoms with Crippen molar-refractivity contribution in [1.29, 1.82) is 0 Å². The van der Waals surface area contributed by atoms with Crippen LogP contribution in [0, 0.1) is 12.7 Å². The van der Waals surface area contributed by atoms with Gasteiger partial charge in [-0.2, -0.15) is 14.9 Å². The first-order chi connectivity index (χ1) is 17.0. The SMILES string of the molecule is Cc1ccccc1-n1nc(-c2c(-c3ccc(F)cc3)nn3c2NC2(CCOCC2)CC3)ccc1=O. The van der Waals surface area contributed by atoms with E-state index in [-0.39, 0.29) is 16.9 Å². The van der Waals surface area contributed by atoms with Crippen LogP contribution in [0.2, 0.25) is 0 Å². The predicted molar refractivity (Wildman–Crippen MR) is 132 cm³/mol. The number of nitrogens with zero attached hydrogens (tertiary/aromatic N) is 4. The number of anilines is 1. The van der Waals surface area contributed by atoms with Gasteiger partial charge in [0.05, 0.1) is 16.9 Å². The van der Waals surface area contributed by atoms with Crippen LogP contribution in [0.15, 0.2) is 65.5 Å². The van der Waals surface area contributed by atoms with Crippen LogP contribution in [0.5, 0.6) is 0 Å². The number of halogens is 1. The van der Waals surface area contributed by atoms with Gasteiger partial charge in [0.2, 0.25) is 0 Å². The summed E-state index contributed by atoms with van der Waals surface area (Å²) in [6.45, 7) is 4.15. The lowest BCUT2D eigenvalue weighted by Gasteiger charge is -2.42. The standard InChI is InChI=1S/C27H26FN5O2/c1-18-4-2-3-5-22(18)33-23(34)11-10-21(30-33)24-25(19-6-8-20(28)9-7-19)31-32-15-12-27(29-26(24)32)13-16-35-17-14-27/h2-11,29H,12-17H2,1H3. The second kappa shape index (κ2) is 8.46. The second-order valence-electron chi connectivity index (χ2n) is 9.33. The molecule has 2 aliphatic rings. The Labute approximate surface area is 202 Å². The third-order valence-corrected chi connectivity index (χ3v) is 7.11. The molecule has 8 heteroatoms. The fourth-order valence-corrected chi connectivity index (χ4v) is 5.09. The molecule has 0 radical (unpaired) electrons. The number of nitrogens with one attached hydrogen (secondary N) is 1. The Morgan fingerprint density at radius 3 is 2.51 bits per heavy atom. The van der Waals surface area contributed by atoms with Gasteiger partial charge in [-0.3, -0.25) is 4.79 Å². The Bertz CT molecular complexity index is 1450. The highest BCUT2D eigenvalue weighted by atomic mass is 19.1. The Morgan fingerprint density at radius 2 is 1.74 bits per heavy atom. The van der Waals surface area contributed by atoms with Crippen molar-refractivity contribution in [3.8, 4) is 28.2 Å². The number of aryl methyl sites for hydroxylation is 2. The van der Waals surface area contributed by atoms with Gasteiger partial charge >= 0.3 is 0 Å². The zero-order valence-corrected chi connectivity index (χ0v) is 19.5. The highest BCUT2D eigenvalue weighted by molar-refractivity contribution is 5.88. The monoisotopic (exact) mass is 471 g/mol. The molecule has 2 aromatic heterocycles. The van der Waals surface area contributed by atoms with E-state index in [0.29, 0.717) is 11.4 Å². The molecule has 4 aromatic rings. The summed E-state index contributed by atoms with van der Waals surface area (Å²) in [7, 11) is 0. The van der Waals surface area contributed by atoms with Crippen molar-refractivity contribution in [3.05, 3.63) is 82.4 Å². The van der Waals surface area contributed by atoms with Gasteiger partial charge in [-0.1, -0.05) is 18.2 Å². The molecule has 7 nitrogen and oxygen atoms in total. The van der Waals surface area contributed by atoms with Crippen LogP contribution in [-0.2, 0) is 11.3 Å². The first kappa shape index (κ1) is 21.7. The molecule has 4 heterocycles. The van der Waals surface area contributed by atoms with Crippen LogP contribution >= 0.6 is 0 Å². The van der Waals surface area contributed by atoms with E-state index in [1.165, 1.54) is 16.8 Å². The van der Waals surface area contributed by atoms with E-state index in [2.05, 4.69) is 5.32 Å². The van der Waals surface area contributed by atoms with Gasteiger partial charge in [-0.05, 0) is 68.1 Å². The van der Waals surface area contributed by atoms with Crippen molar-refractivity contribution in [2.24, 2.45) is 0 Å². The molecule has 35 heavy (non-hydrogen) atoms.